The number of rotatable bonds is 5. The topological polar surface area (TPSA) is 60.9 Å². The highest BCUT2D eigenvalue weighted by Gasteiger charge is 2.34. The van der Waals surface area contributed by atoms with Crippen molar-refractivity contribution in [1.82, 2.24) is 9.80 Å². The van der Waals surface area contributed by atoms with Crippen LogP contribution < -0.4 is 0 Å². The molecule has 2 aliphatic rings. The summed E-state index contributed by atoms with van der Waals surface area (Å²) in [5.41, 5.74) is 1.04. The molecular formula is C17H22N2O3. The van der Waals surface area contributed by atoms with Gasteiger partial charge in [-0.3, -0.25) is 14.5 Å². The number of carbonyl (C=O) groups is 2. The number of amides is 2. The van der Waals surface area contributed by atoms with E-state index in [4.69, 9.17) is 0 Å². The quantitative estimate of drug-likeness (QED) is 0.835. The fraction of sp³-hybridized carbons (Fsp3) is 0.529. The molecule has 1 fully saturated rings. The fourth-order valence-corrected chi connectivity index (χ4v) is 3.40. The average Bonchev–Trinajstić information content (AvgIpc) is 2.80. The van der Waals surface area contributed by atoms with Gasteiger partial charge in [-0.2, -0.15) is 0 Å². The summed E-state index contributed by atoms with van der Waals surface area (Å²) in [5, 5.41) is 9.25. The molecule has 2 amide bonds. The van der Waals surface area contributed by atoms with Gasteiger partial charge in [0.05, 0.1) is 11.1 Å². The minimum Gasteiger partial charge on any atom is -0.396 e. The lowest BCUT2D eigenvalue weighted by Gasteiger charge is -2.32. The number of aliphatic hydroxyl groups is 1. The number of carbonyl (C=O) groups excluding carboxylic acids is 2. The normalized spacial score (nSPS) is 22.2. The Morgan fingerprint density at radius 2 is 1.77 bits per heavy atom. The molecule has 0 spiro atoms. The molecule has 1 saturated heterocycles. The first-order valence-corrected chi connectivity index (χ1v) is 7.99. The summed E-state index contributed by atoms with van der Waals surface area (Å²) in [4.78, 5) is 28.2. The van der Waals surface area contributed by atoms with Crippen molar-refractivity contribution >= 4 is 11.8 Å². The maximum atomic E-state index is 12.2. The molecule has 3 rings (SSSR count). The van der Waals surface area contributed by atoms with Crippen LogP contribution in [0.25, 0.3) is 0 Å². The number of nitrogens with zero attached hydrogens (tertiary/aromatic N) is 2. The third-order valence-electron chi connectivity index (χ3n) is 4.60. The van der Waals surface area contributed by atoms with Crippen LogP contribution in [0.5, 0.6) is 0 Å². The summed E-state index contributed by atoms with van der Waals surface area (Å²) < 4.78 is 0. The van der Waals surface area contributed by atoms with E-state index in [-0.39, 0.29) is 18.4 Å². The highest BCUT2D eigenvalue weighted by atomic mass is 16.3. The molecule has 0 aliphatic carbocycles. The second kappa shape index (κ2) is 6.58. The minimum atomic E-state index is -0.174. The Bertz CT molecular complexity index is 538. The van der Waals surface area contributed by atoms with Crippen molar-refractivity contribution in [3.63, 3.8) is 0 Å². The summed E-state index contributed by atoms with van der Waals surface area (Å²) in [7, 11) is 0. The molecule has 1 aromatic carbocycles. The third-order valence-corrected chi connectivity index (χ3v) is 4.60. The van der Waals surface area contributed by atoms with Crippen molar-refractivity contribution < 1.29 is 14.7 Å². The Labute approximate surface area is 130 Å². The van der Waals surface area contributed by atoms with Crippen LogP contribution in [0.2, 0.25) is 0 Å². The number of hydrogen-bond acceptors (Lipinski definition) is 4. The maximum absolute atomic E-state index is 12.2. The number of likely N-dealkylation sites (tertiary alicyclic amines) is 1. The number of piperidine rings is 1. The van der Waals surface area contributed by atoms with E-state index in [2.05, 4.69) is 4.90 Å². The molecule has 2 aliphatic heterocycles. The average molecular weight is 302 g/mol. The largest absolute Gasteiger partial charge is 0.396 e. The van der Waals surface area contributed by atoms with Crippen LogP contribution in [-0.4, -0.2) is 59.5 Å². The van der Waals surface area contributed by atoms with Crippen LogP contribution in [0, 0.1) is 5.92 Å². The second-order valence-corrected chi connectivity index (χ2v) is 6.15. The van der Waals surface area contributed by atoms with Gasteiger partial charge in [-0.15, -0.1) is 0 Å². The van der Waals surface area contributed by atoms with Crippen molar-refractivity contribution in [3.8, 4) is 0 Å². The molecule has 22 heavy (non-hydrogen) atoms. The zero-order chi connectivity index (χ0) is 15.5. The first kappa shape index (κ1) is 15.2. The lowest BCUT2D eigenvalue weighted by Crippen LogP contribution is -2.39. The summed E-state index contributed by atoms with van der Waals surface area (Å²) in [5.74, 6) is 0.0213. The van der Waals surface area contributed by atoms with Crippen molar-refractivity contribution in [2.45, 2.75) is 19.3 Å². The van der Waals surface area contributed by atoms with E-state index in [1.165, 1.54) is 4.90 Å². The van der Waals surface area contributed by atoms with Gasteiger partial charge in [-0.25, -0.2) is 0 Å². The number of fused-ring (bicyclic) bond motifs is 1. The van der Waals surface area contributed by atoms with Gasteiger partial charge in [0.15, 0.2) is 0 Å². The number of imide groups is 1. The third kappa shape index (κ3) is 2.91. The Morgan fingerprint density at radius 1 is 1.09 bits per heavy atom. The van der Waals surface area contributed by atoms with Gasteiger partial charge in [-0.05, 0) is 50.4 Å². The fourth-order valence-electron chi connectivity index (χ4n) is 3.40. The molecule has 1 atom stereocenters. The van der Waals surface area contributed by atoms with Crippen molar-refractivity contribution in [1.29, 1.82) is 0 Å². The van der Waals surface area contributed by atoms with Gasteiger partial charge in [0.25, 0.3) is 11.8 Å². The highest BCUT2D eigenvalue weighted by Crippen LogP contribution is 2.22. The zero-order valence-electron chi connectivity index (χ0n) is 12.7. The lowest BCUT2D eigenvalue weighted by molar-refractivity contribution is 0.0640. The van der Waals surface area contributed by atoms with Crippen molar-refractivity contribution in [3.05, 3.63) is 35.4 Å². The minimum absolute atomic E-state index is 0.174. The van der Waals surface area contributed by atoms with E-state index in [1.54, 1.807) is 24.3 Å². The van der Waals surface area contributed by atoms with Crippen LogP contribution in [0.1, 0.15) is 40.0 Å². The number of hydrogen-bond donors (Lipinski definition) is 1. The molecule has 0 radical (unpaired) electrons. The van der Waals surface area contributed by atoms with Gasteiger partial charge in [0, 0.05) is 19.7 Å². The van der Waals surface area contributed by atoms with Crippen LogP contribution in [0.4, 0.5) is 0 Å². The molecule has 1 N–H and O–H groups in total. The van der Waals surface area contributed by atoms with E-state index < -0.39 is 0 Å². The standard InChI is InChI=1S/C17H22N2O3/c20-12-13-5-3-8-18(11-13)9-4-10-19-16(21)14-6-1-2-7-15(14)17(19)22/h1-2,6-7,13,20H,3-5,8-12H2. The van der Waals surface area contributed by atoms with Crippen LogP contribution >= 0.6 is 0 Å². The van der Waals surface area contributed by atoms with E-state index >= 15 is 0 Å². The smallest absolute Gasteiger partial charge is 0.261 e. The first-order chi connectivity index (χ1) is 10.7. The molecule has 1 aromatic rings. The van der Waals surface area contributed by atoms with Crippen molar-refractivity contribution in [2.24, 2.45) is 5.92 Å². The van der Waals surface area contributed by atoms with E-state index in [0.29, 0.717) is 23.6 Å². The monoisotopic (exact) mass is 302 g/mol. The Kier molecular flexibility index (Phi) is 4.55. The zero-order valence-corrected chi connectivity index (χ0v) is 12.7. The molecule has 0 aromatic heterocycles. The van der Waals surface area contributed by atoms with Gasteiger partial charge in [0.1, 0.15) is 0 Å². The molecule has 0 bridgehead atoms. The van der Waals surface area contributed by atoms with Gasteiger partial charge < -0.3 is 10.0 Å². The SMILES string of the molecule is O=C1c2ccccc2C(=O)N1CCCN1CCCC(CO)C1. The highest BCUT2D eigenvalue weighted by molar-refractivity contribution is 6.21. The van der Waals surface area contributed by atoms with Gasteiger partial charge >= 0.3 is 0 Å². The summed E-state index contributed by atoms with van der Waals surface area (Å²) in [6.07, 6.45) is 2.98. The van der Waals surface area contributed by atoms with Crippen LogP contribution in [0.15, 0.2) is 24.3 Å². The molecule has 0 saturated carbocycles. The Morgan fingerprint density at radius 3 is 2.41 bits per heavy atom. The molecule has 5 heteroatoms. The molecule has 2 heterocycles. The Hall–Kier alpha value is -1.72. The summed E-state index contributed by atoms with van der Waals surface area (Å²) in [6, 6.07) is 7.00. The predicted molar refractivity (Wildman–Crippen MR) is 82.7 cm³/mol. The first-order valence-electron chi connectivity index (χ1n) is 7.99. The van der Waals surface area contributed by atoms with E-state index in [0.717, 1.165) is 38.9 Å². The summed E-state index contributed by atoms with van der Waals surface area (Å²) in [6.45, 7) is 3.53. The Balaban J connectivity index is 1.53. The summed E-state index contributed by atoms with van der Waals surface area (Å²) >= 11 is 0. The second-order valence-electron chi connectivity index (χ2n) is 6.15. The molecular weight excluding hydrogens is 280 g/mol. The van der Waals surface area contributed by atoms with E-state index in [9.17, 15) is 14.7 Å². The molecule has 1 unspecified atom stereocenters. The molecule has 118 valence electrons. The van der Waals surface area contributed by atoms with Gasteiger partial charge in [0.2, 0.25) is 0 Å². The maximum Gasteiger partial charge on any atom is 0.261 e. The number of benzene rings is 1. The van der Waals surface area contributed by atoms with Crippen molar-refractivity contribution in [2.75, 3.05) is 32.8 Å². The van der Waals surface area contributed by atoms with Crippen LogP contribution in [0.3, 0.4) is 0 Å². The predicted octanol–water partition coefficient (Wildman–Crippen LogP) is 1.38. The van der Waals surface area contributed by atoms with Gasteiger partial charge in [-0.1, -0.05) is 12.1 Å². The lowest BCUT2D eigenvalue weighted by atomic mass is 9.99. The van der Waals surface area contributed by atoms with E-state index in [1.807, 2.05) is 0 Å². The number of aliphatic hydroxyl groups excluding tert-OH is 1. The molecule has 5 nitrogen and oxygen atoms in total. The van der Waals surface area contributed by atoms with Crippen LogP contribution in [-0.2, 0) is 0 Å².